The van der Waals surface area contributed by atoms with Crippen molar-refractivity contribution >= 4 is 10.1 Å². The number of benzene rings is 1. The zero-order valence-electron chi connectivity index (χ0n) is 17.7. The third kappa shape index (κ3) is 12.3. The van der Waals surface area contributed by atoms with E-state index in [-0.39, 0.29) is 34.5 Å². The Morgan fingerprint density at radius 1 is 0.741 bits per heavy atom. The molecular formula is C22H37NaO3S. The van der Waals surface area contributed by atoms with Gasteiger partial charge in [0.05, 0.1) is 4.90 Å². The number of rotatable bonds is 15. The summed E-state index contributed by atoms with van der Waals surface area (Å²) in [6.07, 6.45) is 16.4. The molecule has 0 aliphatic heterocycles. The van der Waals surface area contributed by atoms with Crippen LogP contribution in [0.15, 0.2) is 29.2 Å². The van der Waals surface area contributed by atoms with Gasteiger partial charge in [-0.3, -0.25) is 0 Å². The molecule has 1 aromatic carbocycles. The SMILES string of the molecule is CCCCCCCCCC(CCCCCC)c1ccc(S(=O)(=O)[O-])cc1.[Na+]. The summed E-state index contributed by atoms with van der Waals surface area (Å²) in [6, 6.07) is 6.63. The number of hydrogen-bond acceptors (Lipinski definition) is 3. The van der Waals surface area contributed by atoms with Crippen LogP contribution in [0.5, 0.6) is 0 Å². The monoisotopic (exact) mass is 404 g/mol. The molecule has 1 atom stereocenters. The molecule has 0 aliphatic carbocycles. The van der Waals surface area contributed by atoms with Gasteiger partial charge in [0, 0.05) is 0 Å². The molecule has 0 saturated heterocycles. The average Bonchev–Trinajstić information content (AvgIpc) is 2.62. The van der Waals surface area contributed by atoms with E-state index in [0.717, 1.165) is 12.8 Å². The van der Waals surface area contributed by atoms with Crippen molar-refractivity contribution in [1.29, 1.82) is 0 Å². The summed E-state index contributed by atoms with van der Waals surface area (Å²) in [5, 5.41) is 0. The molecule has 0 aromatic heterocycles. The van der Waals surface area contributed by atoms with E-state index in [9.17, 15) is 13.0 Å². The van der Waals surface area contributed by atoms with Gasteiger partial charge >= 0.3 is 29.6 Å². The Morgan fingerprint density at radius 2 is 1.15 bits per heavy atom. The molecule has 0 heterocycles. The summed E-state index contributed by atoms with van der Waals surface area (Å²) in [7, 11) is -4.35. The molecule has 0 aliphatic rings. The average molecular weight is 405 g/mol. The molecule has 0 amide bonds. The van der Waals surface area contributed by atoms with E-state index in [1.807, 2.05) is 12.1 Å². The predicted molar refractivity (Wildman–Crippen MR) is 109 cm³/mol. The minimum atomic E-state index is -4.35. The Kier molecular flexibility index (Phi) is 16.1. The Balaban J connectivity index is 0.00000676. The summed E-state index contributed by atoms with van der Waals surface area (Å²) in [6.45, 7) is 4.46. The molecule has 1 aromatic rings. The smallest absolute Gasteiger partial charge is 0.744 e. The summed E-state index contributed by atoms with van der Waals surface area (Å²) in [5.74, 6) is 0.478. The molecule has 0 bridgehead atoms. The van der Waals surface area contributed by atoms with Crippen molar-refractivity contribution in [2.24, 2.45) is 0 Å². The second kappa shape index (κ2) is 16.0. The van der Waals surface area contributed by atoms with Gasteiger partial charge in [0.2, 0.25) is 0 Å². The van der Waals surface area contributed by atoms with Crippen LogP contribution >= 0.6 is 0 Å². The van der Waals surface area contributed by atoms with Crippen LogP contribution in [0.1, 0.15) is 109 Å². The Morgan fingerprint density at radius 3 is 1.59 bits per heavy atom. The van der Waals surface area contributed by atoms with Crippen LogP contribution in [0.4, 0.5) is 0 Å². The fourth-order valence-electron chi connectivity index (χ4n) is 3.55. The number of unbranched alkanes of at least 4 members (excludes halogenated alkanes) is 9. The first-order valence-corrected chi connectivity index (χ1v) is 12.0. The second-order valence-electron chi connectivity index (χ2n) is 7.48. The van der Waals surface area contributed by atoms with Crippen molar-refractivity contribution in [1.82, 2.24) is 0 Å². The normalized spacial score (nSPS) is 12.6. The molecule has 5 heteroatoms. The van der Waals surface area contributed by atoms with Gasteiger partial charge in [-0.25, -0.2) is 8.42 Å². The molecule has 0 radical (unpaired) electrons. The fraction of sp³-hybridized carbons (Fsp3) is 0.727. The zero-order chi connectivity index (χ0) is 19.3. The molecule has 0 saturated carbocycles. The van der Waals surface area contributed by atoms with Gasteiger partial charge in [-0.1, -0.05) is 96.6 Å². The van der Waals surface area contributed by atoms with Crippen LogP contribution in [0, 0.1) is 0 Å². The van der Waals surface area contributed by atoms with Gasteiger partial charge in [-0.15, -0.1) is 0 Å². The maximum absolute atomic E-state index is 11.1. The van der Waals surface area contributed by atoms with Crippen molar-refractivity contribution in [3.63, 3.8) is 0 Å². The molecule has 0 spiro atoms. The standard InChI is InChI=1S/C22H38O3S.Na/c1-3-5-7-9-10-11-13-15-20(14-12-8-6-4-2)21-16-18-22(19-17-21)26(23,24)25;/h16-20H,3-15H2,1-2H3,(H,23,24,25);/q;+1/p-1. The van der Waals surface area contributed by atoms with Crippen LogP contribution in [-0.2, 0) is 10.1 Å². The summed E-state index contributed by atoms with van der Waals surface area (Å²) in [4.78, 5) is -0.123. The van der Waals surface area contributed by atoms with E-state index >= 15 is 0 Å². The molecular weight excluding hydrogens is 367 g/mol. The van der Waals surface area contributed by atoms with Gasteiger partial charge in [0.25, 0.3) is 0 Å². The van der Waals surface area contributed by atoms with Gasteiger partial charge in [-0.05, 0) is 36.5 Å². The first kappa shape index (κ1) is 27.1. The van der Waals surface area contributed by atoms with Crippen LogP contribution in [-0.4, -0.2) is 13.0 Å². The molecule has 3 nitrogen and oxygen atoms in total. The Hall–Kier alpha value is 0.130. The van der Waals surface area contributed by atoms with Gasteiger partial charge in [-0.2, -0.15) is 0 Å². The minimum absolute atomic E-state index is 0. The van der Waals surface area contributed by atoms with Crippen molar-refractivity contribution in [3.8, 4) is 0 Å². The quantitative estimate of drug-likeness (QED) is 0.254. The van der Waals surface area contributed by atoms with E-state index in [1.54, 1.807) is 0 Å². The minimum Gasteiger partial charge on any atom is -0.744 e. The maximum atomic E-state index is 11.1. The van der Waals surface area contributed by atoms with E-state index in [4.69, 9.17) is 0 Å². The molecule has 150 valence electrons. The van der Waals surface area contributed by atoms with Crippen LogP contribution < -0.4 is 29.6 Å². The molecule has 1 unspecified atom stereocenters. The Labute approximate surface area is 189 Å². The second-order valence-corrected chi connectivity index (χ2v) is 8.86. The molecule has 27 heavy (non-hydrogen) atoms. The summed E-state index contributed by atoms with van der Waals surface area (Å²) < 4.78 is 33.4. The first-order valence-electron chi connectivity index (χ1n) is 10.5. The van der Waals surface area contributed by atoms with Crippen LogP contribution in [0.3, 0.4) is 0 Å². The van der Waals surface area contributed by atoms with Gasteiger partial charge in [0.1, 0.15) is 10.1 Å². The van der Waals surface area contributed by atoms with Crippen LogP contribution in [0.2, 0.25) is 0 Å². The third-order valence-electron chi connectivity index (χ3n) is 5.20. The van der Waals surface area contributed by atoms with Crippen molar-refractivity contribution in [2.45, 2.75) is 108 Å². The Bertz CT molecular complexity index is 570. The maximum Gasteiger partial charge on any atom is 1.00 e. The summed E-state index contributed by atoms with van der Waals surface area (Å²) in [5.41, 5.74) is 1.18. The molecule has 0 N–H and O–H groups in total. The summed E-state index contributed by atoms with van der Waals surface area (Å²) >= 11 is 0. The van der Waals surface area contributed by atoms with Crippen molar-refractivity contribution < 1.29 is 42.5 Å². The number of hydrogen-bond donors (Lipinski definition) is 0. The predicted octanol–water partition coefficient (Wildman–Crippen LogP) is 3.79. The van der Waals surface area contributed by atoms with Gasteiger partial charge < -0.3 is 4.55 Å². The van der Waals surface area contributed by atoms with E-state index in [2.05, 4.69) is 13.8 Å². The van der Waals surface area contributed by atoms with Crippen molar-refractivity contribution in [2.75, 3.05) is 0 Å². The fourth-order valence-corrected chi connectivity index (χ4v) is 4.02. The van der Waals surface area contributed by atoms with Crippen LogP contribution in [0.25, 0.3) is 0 Å². The van der Waals surface area contributed by atoms with E-state index in [1.165, 1.54) is 88.3 Å². The van der Waals surface area contributed by atoms with Crippen molar-refractivity contribution in [3.05, 3.63) is 29.8 Å². The topological polar surface area (TPSA) is 57.2 Å². The largest absolute Gasteiger partial charge is 1.00 e. The van der Waals surface area contributed by atoms with E-state index < -0.39 is 10.1 Å². The third-order valence-corrected chi connectivity index (χ3v) is 6.05. The van der Waals surface area contributed by atoms with E-state index in [0.29, 0.717) is 5.92 Å². The van der Waals surface area contributed by atoms with Gasteiger partial charge in [0.15, 0.2) is 0 Å². The molecule has 0 fully saturated rings. The zero-order valence-corrected chi connectivity index (χ0v) is 20.5. The first-order chi connectivity index (χ1) is 12.5. The molecule has 1 rings (SSSR count).